The number of nitrogens with one attached hydrogen (secondary N) is 2. The van der Waals surface area contributed by atoms with Gasteiger partial charge in [-0.3, -0.25) is 4.79 Å². The predicted molar refractivity (Wildman–Crippen MR) is 144 cm³/mol. The zero-order chi connectivity index (χ0) is 24.6. The molecule has 4 aromatic carbocycles. The van der Waals surface area contributed by atoms with Gasteiger partial charge in [-0.1, -0.05) is 36.4 Å². The second-order valence-electron chi connectivity index (χ2n) is 8.14. The average Bonchev–Trinajstić information content (AvgIpc) is 2.86. The summed E-state index contributed by atoms with van der Waals surface area (Å²) < 4.78 is 12.4. The summed E-state index contributed by atoms with van der Waals surface area (Å²) in [5.41, 5.74) is 5.06. The summed E-state index contributed by atoms with van der Waals surface area (Å²) in [5, 5.41) is 6.31. The molecule has 178 valence electrons. The van der Waals surface area contributed by atoms with Crippen LogP contribution in [0.3, 0.4) is 0 Å². The minimum atomic E-state index is -0.198. The summed E-state index contributed by atoms with van der Waals surface area (Å²) in [5.74, 6) is 2.01. The largest absolute Gasteiger partial charge is 0.483 e. The molecule has 4 aromatic rings. The zero-order valence-electron chi connectivity index (χ0n) is 19.7. The van der Waals surface area contributed by atoms with Crippen LogP contribution in [-0.4, -0.2) is 12.5 Å². The third-order valence-corrected chi connectivity index (χ3v) is 6.18. The van der Waals surface area contributed by atoms with E-state index in [1.165, 1.54) is 0 Å². The molecule has 0 saturated carbocycles. The number of ether oxygens (including phenoxy) is 2. The van der Waals surface area contributed by atoms with Gasteiger partial charge < -0.3 is 20.1 Å². The van der Waals surface area contributed by atoms with Gasteiger partial charge in [0.15, 0.2) is 6.61 Å². The Hall–Kier alpha value is -3.77. The van der Waals surface area contributed by atoms with E-state index in [-0.39, 0.29) is 12.5 Å². The average molecular weight is 531 g/mol. The van der Waals surface area contributed by atoms with Crippen molar-refractivity contribution in [2.45, 2.75) is 20.4 Å². The van der Waals surface area contributed by atoms with Crippen LogP contribution in [0, 0.1) is 13.8 Å². The topological polar surface area (TPSA) is 59.6 Å². The first-order valence-corrected chi connectivity index (χ1v) is 12.1. The van der Waals surface area contributed by atoms with Crippen molar-refractivity contribution in [3.8, 4) is 17.2 Å². The second kappa shape index (κ2) is 11.6. The molecule has 0 aromatic heterocycles. The lowest BCUT2D eigenvalue weighted by Crippen LogP contribution is -2.21. The van der Waals surface area contributed by atoms with E-state index >= 15 is 0 Å². The predicted octanol–water partition coefficient (Wildman–Crippen LogP) is 7.49. The lowest BCUT2D eigenvalue weighted by Gasteiger charge is -2.13. The summed E-state index contributed by atoms with van der Waals surface area (Å²) >= 11 is 3.55. The summed E-state index contributed by atoms with van der Waals surface area (Å²) in [6, 6.07) is 29.2. The fourth-order valence-electron chi connectivity index (χ4n) is 3.46. The highest BCUT2D eigenvalue weighted by Gasteiger charge is 2.09. The highest BCUT2D eigenvalue weighted by molar-refractivity contribution is 9.10. The van der Waals surface area contributed by atoms with Gasteiger partial charge in [0.2, 0.25) is 0 Å². The van der Waals surface area contributed by atoms with E-state index < -0.39 is 0 Å². The molecule has 1 amide bonds. The van der Waals surface area contributed by atoms with E-state index in [1.807, 2.05) is 105 Å². The van der Waals surface area contributed by atoms with Crippen LogP contribution in [-0.2, 0) is 11.3 Å². The molecule has 2 N–H and O–H groups in total. The van der Waals surface area contributed by atoms with E-state index in [0.717, 1.165) is 44.0 Å². The van der Waals surface area contributed by atoms with Crippen molar-refractivity contribution in [2.75, 3.05) is 17.2 Å². The van der Waals surface area contributed by atoms with Gasteiger partial charge in [-0.25, -0.2) is 0 Å². The molecule has 0 aliphatic heterocycles. The summed E-state index contributed by atoms with van der Waals surface area (Å²) in [4.78, 5) is 12.3. The van der Waals surface area contributed by atoms with Crippen LogP contribution in [0.2, 0.25) is 0 Å². The molecule has 0 spiro atoms. The Morgan fingerprint density at radius 3 is 2.34 bits per heavy atom. The first-order chi connectivity index (χ1) is 17.0. The Labute approximate surface area is 214 Å². The van der Waals surface area contributed by atoms with E-state index in [2.05, 4.69) is 26.6 Å². The number of benzene rings is 4. The molecule has 0 atom stereocenters. The van der Waals surface area contributed by atoms with E-state index in [9.17, 15) is 4.79 Å². The van der Waals surface area contributed by atoms with Gasteiger partial charge in [-0.05, 0) is 101 Å². The van der Waals surface area contributed by atoms with Crippen LogP contribution in [0.5, 0.6) is 17.2 Å². The molecule has 0 unspecified atom stereocenters. The highest BCUT2D eigenvalue weighted by atomic mass is 79.9. The van der Waals surface area contributed by atoms with Crippen molar-refractivity contribution in [1.29, 1.82) is 0 Å². The molecular weight excluding hydrogens is 504 g/mol. The first-order valence-electron chi connectivity index (χ1n) is 11.3. The van der Waals surface area contributed by atoms with Gasteiger partial charge in [0.1, 0.15) is 17.2 Å². The Morgan fingerprint density at radius 1 is 0.857 bits per heavy atom. The van der Waals surface area contributed by atoms with Gasteiger partial charge in [0, 0.05) is 17.9 Å². The summed E-state index contributed by atoms with van der Waals surface area (Å²) in [6.45, 7) is 4.58. The molecule has 4 rings (SSSR count). The van der Waals surface area contributed by atoms with E-state index in [0.29, 0.717) is 12.3 Å². The number of halogens is 1. The Morgan fingerprint density at radius 2 is 1.60 bits per heavy atom. The van der Waals surface area contributed by atoms with Crippen LogP contribution in [0.25, 0.3) is 0 Å². The first kappa shape index (κ1) is 24.4. The maximum Gasteiger partial charge on any atom is 0.262 e. The molecular formula is C29H27BrN2O3. The smallest absolute Gasteiger partial charge is 0.262 e. The van der Waals surface area contributed by atoms with Crippen molar-refractivity contribution in [3.05, 3.63) is 112 Å². The highest BCUT2D eigenvalue weighted by Crippen LogP contribution is 2.27. The molecule has 5 nitrogen and oxygen atoms in total. The lowest BCUT2D eigenvalue weighted by atomic mass is 10.1. The van der Waals surface area contributed by atoms with Crippen molar-refractivity contribution >= 4 is 33.2 Å². The monoisotopic (exact) mass is 530 g/mol. The Kier molecular flexibility index (Phi) is 8.06. The number of anilines is 2. The van der Waals surface area contributed by atoms with Crippen LogP contribution in [0.4, 0.5) is 11.4 Å². The van der Waals surface area contributed by atoms with Crippen molar-refractivity contribution < 1.29 is 14.3 Å². The van der Waals surface area contributed by atoms with Crippen LogP contribution < -0.4 is 20.1 Å². The summed E-state index contributed by atoms with van der Waals surface area (Å²) in [7, 11) is 0. The minimum Gasteiger partial charge on any atom is -0.483 e. The standard InChI is InChI=1S/C29H27BrN2O3/c1-20-7-6-10-27(21(20)2)32-29(33)19-34-28-16-11-22(17-26(28)30)18-31-23-12-14-25(15-13-23)35-24-8-4-3-5-9-24/h3-17,31H,18-19H2,1-2H3,(H,32,33). The number of hydrogen-bond acceptors (Lipinski definition) is 4. The molecule has 0 saturated heterocycles. The normalized spacial score (nSPS) is 10.5. The number of carbonyl (C=O) groups is 1. The van der Waals surface area contributed by atoms with Crippen molar-refractivity contribution in [3.63, 3.8) is 0 Å². The molecule has 6 heteroatoms. The number of para-hydroxylation sites is 1. The maximum absolute atomic E-state index is 12.3. The lowest BCUT2D eigenvalue weighted by molar-refractivity contribution is -0.118. The minimum absolute atomic E-state index is 0.0685. The third kappa shape index (κ3) is 6.87. The van der Waals surface area contributed by atoms with Crippen LogP contribution in [0.1, 0.15) is 16.7 Å². The fourth-order valence-corrected chi connectivity index (χ4v) is 4.00. The Bertz CT molecular complexity index is 1290. The van der Waals surface area contributed by atoms with Crippen LogP contribution >= 0.6 is 15.9 Å². The van der Waals surface area contributed by atoms with Gasteiger partial charge >= 0.3 is 0 Å². The van der Waals surface area contributed by atoms with Gasteiger partial charge in [-0.2, -0.15) is 0 Å². The van der Waals surface area contributed by atoms with Crippen LogP contribution in [0.15, 0.2) is 95.5 Å². The molecule has 0 radical (unpaired) electrons. The van der Waals surface area contributed by atoms with Crippen molar-refractivity contribution in [2.24, 2.45) is 0 Å². The number of rotatable bonds is 9. The maximum atomic E-state index is 12.3. The zero-order valence-corrected chi connectivity index (χ0v) is 21.3. The quantitative estimate of drug-likeness (QED) is 0.235. The third-order valence-electron chi connectivity index (χ3n) is 5.56. The molecule has 0 aliphatic carbocycles. The van der Waals surface area contributed by atoms with Gasteiger partial charge in [-0.15, -0.1) is 0 Å². The number of carbonyl (C=O) groups excluding carboxylic acids is 1. The van der Waals surface area contributed by atoms with E-state index in [4.69, 9.17) is 9.47 Å². The number of hydrogen-bond donors (Lipinski definition) is 2. The molecule has 0 bridgehead atoms. The second-order valence-corrected chi connectivity index (χ2v) is 9.00. The molecule has 0 aliphatic rings. The van der Waals surface area contributed by atoms with Gasteiger partial charge in [0.05, 0.1) is 4.47 Å². The fraction of sp³-hybridized carbons (Fsp3) is 0.138. The van der Waals surface area contributed by atoms with Crippen molar-refractivity contribution in [1.82, 2.24) is 0 Å². The number of amides is 1. The van der Waals surface area contributed by atoms with Gasteiger partial charge in [0.25, 0.3) is 5.91 Å². The number of aryl methyl sites for hydroxylation is 1. The molecule has 35 heavy (non-hydrogen) atoms. The van der Waals surface area contributed by atoms with E-state index in [1.54, 1.807) is 0 Å². The molecule has 0 fully saturated rings. The Balaban J connectivity index is 1.27. The molecule has 0 heterocycles. The SMILES string of the molecule is Cc1cccc(NC(=O)COc2ccc(CNc3ccc(Oc4ccccc4)cc3)cc2Br)c1C. The summed E-state index contributed by atoms with van der Waals surface area (Å²) in [6.07, 6.45) is 0.